The van der Waals surface area contributed by atoms with E-state index in [0.717, 1.165) is 37.2 Å². The topological polar surface area (TPSA) is 34.1 Å². The SMILES string of the molecule is CCCCCCS(=O)CS(=O)CCCCCC. The van der Waals surface area contributed by atoms with Crippen molar-refractivity contribution < 1.29 is 8.42 Å². The Bertz CT molecular complexity index is 195. The zero-order valence-corrected chi connectivity index (χ0v) is 13.0. The Morgan fingerprint density at radius 2 is 1.06 bits per heavy atom. The molecule has 0 radical (unpaired) electrons. The molecule has 0 aromatic carbocycles. The Hall–Kier alpha value is 0.300. The smallest absolute Gasteiger partial charge is 0.0991 e. The molecule has 2 unspecified atom stereocenters. The molecule has 0 amide bonds. The third-order valence-corrected chi connectivity index (χ3v) is 6.31. The maximum atomic E-state index is 11.6. The molecule has 104 valence electrons. The molecule has 0 aliphatic carbocycles. The molecule has 2 nitrogen and oxygen atoms in total. The van der Waals surface area contributed by atoms with E-state index in [1.807, 2.05) is 0 Å². The van der Waals surface area contributed by atoms with E-state index in [-0.39, 0.29) is 0 Å². The van der Waals surface area contributed by atoms with Crippen LogP contribution in [0.25, 0.3) is 0 Å². The largest absolute Gasteiger partial charge is 0.259 e. The van der Waals surface area contributed by atoms with Gasteiger partial charge in [-0.3, -0.25) is 8.42 Å². The third-order valence-electron chi connectivity index (χ3n) is 2.71. The highest BCUT2D eigenvalue weighted by atomic mass is 32.2. The van der Waals surface area contributed by atoms with Gasteiger partial charge in [0, 0.05) is 33.1 Å². The van der Waals surface area contributed by atoms with Gasteiger partial charge in [-0.2, -0.15) is 0 Å². The molecule has 0 aromatic rings. The summed E-state index contributed by atoms with van der Waals surface area (Å²) in [5, 5.41) is 0.401. The molecule has 0 aliphatic rings. The summed E-state index contributed by atoms with van der Waals surface area (Å²) in [5.41, 5.74) is 0. The van der Waals surface area contributed by atoms with Crippen LogP contribution in [0.1, 0.15) is 65.2 Å². The first kappa shape index (κ1) is 17.3. The van der Waals surface area contributed by atoms with Gasteiger partial charge in [-0.1, -0.05) is 52.4 Å². The highest BCUT2D eigenvalue weighted by molar-refractivity contribution is 8.01. The second kappa shape index (κ2) is 12.7. The minimum Gasteiger partial charge on any atom is -0.259 e. The quantitative estimate of drug-likeness (QED) is 0.512. The molecular weight excluding hydrogens is 252 g/mol. The van der Waals surface area contributed by atoms with E-state index >= 15 is 0 Å². The minimum absolute atomic E-state index is 0.401. The van der Waals surface area contributed by atoms with Crippen LogP contribution < -0.4 is 0 Å². The molecule has 0 spiro atoms. The van der Waals surface area contributed by atoms with Crippen molar-refractivity contribution in [1.82, 2.24) is 0 Å². The average Bonchev–Trinajstić information content (AvgIpc) is 2.30. The lowest BCUT2D eigenvalue weighted by molar-refractivity contribution is 0.664. The first-order valence-electron chi connectivity index (χ1n) is 6.90. The molecule has 0 saturated heterocycles. The lowest BCUT2D eigenvalue weighted by atomic mass is 10.2. The molecule has 0 fully saturated rings. The Kier molecular flexibility index (Phi) is 13.0. The van der Waals surface area contributed by atoms with Gasteiger partial charge < -0.3 is 0 Å². The molecule has 0 heterocycles. The Balaban J connectivity index is 3.42. The summed E-state index contributed by atoms with van der Waals surface area (Å²) in [6.45, 7) is 4.34. The lowest BCUT2D eigenvalue weighted by Crippen LogP contribution is -2.11. The van der Waals surface area contributed by atoms with Crippen molar-refractivity contribution in [2.75, 3.05) is 16.6 Å². The number of rotatable bonds is 12. The lowest BCUT2D eigenvalue weighted by Gasteiger charge is -2.03. The standard InChI is InChI=1S/C13H28O2S2/c1-3-5-7-9-11-16(14)13-17(15)12-10-8-6-4-2/h3-13H2,1-2H3. The van der Waals surface area contributed by atoms with Crippen LogP contribution in [0, 0.1) is 0 Å². The predicted molar refractivity (Wildman–Crippen MR) is 79.2 cm³/mol. The minimum atomic E-state index is -0.861. The van der Waals surface area contributed by atoms with E-state index in [2.05, 4.69) is 13.8 Å². The molecular formula is C13H28O2S2. The molecule has 17 heavy (non-hydrogen) atoms. The summed E-state index contributed by atoms with van der Waals surface area (Å²) < 4.78 is 23.2. The third kappa shape index (κ3) is 12.5. The first-order valence-corrected chi connectivity index (χ1v) is 9.88. The van der Waals surface area contributed by atoms with Crippen LogP contribution in [-0.2, 0) is 21.6 Å². The Labute approximate surface area is 112 Å². The summed E-state index contributed by atoms with van der Waals surface area (Å²) >= 11 is 0. The van der Waals surface area contributed by atoms with Gasteiger partial charge >= 0.3 is 0 Å². The second-order valence-corrected chi connectivity index (χ2v) is 8.05. The fourth-order valence-corrected chi connectivity index (χ4v) is 4.81. The summed E-state index contributed by atoms with van der Waals surface area (Å²) in [7, 11) is -1.72. The van der Waals surface area contributed by atoms with E-state index in [9.17, 15) is 8.42 Å². The zero-order valence-electron chi connectivity index (χ0n) is 11.4. The van der Waals surface area contributed by atoms with Gasteiger partial charge in [0.05, 0.1) is 5.08 Å². The first-order chi connectivity index (χ1) is 8.20. The molecule has 0 saturated carbocycles. The normalized spacial score (nSPS) is 14.7. The molecule has 0 aromatic heterocycles. The molecule has 0 aliphatic heterocycles. The van der Waals surface area contributed by atoms with Gasteiger partial charge in [0.25, 0.3) is 0 Å². The average molecular weight is 280 g/mol. The monoisotopic (exact) mass is 280 g/mol. The highest BCUT2D eigenvalue weighted by Gasteiger charge is 2.06. The van der Waals surface area contributed by atoms with Gasteiger partial charge in [-0.15, -0.1) is 0 Å². The Morgan fingerprint density at radius 3 is 1.41 bits per heavy atom. The van der Waals surface area contributed by atoms with E-state index < -0.39 is 21.6 Å². The Morgan fingerprint density at radius 1 is 0.647 bits per heavy atom. The van der Waals surface area contributed by atoms with Gasteiger partial charge in [-0.25, -0.2) is 0 Å². The summed E-state index contributed by atoms with van der Waals surface area (Å²) in [4.78, 5) is 0. The zero-order chi connectivity index (χ0) is 12.9. The summed E-state index contributed by atoms with van der Waals surface area (Å²) in [6.07, 6.45) is 9.21. The van der Waals surface area contributed by atoms with Gasteiger partial charge in [-0.05, 0) is 12.8 Å². The highest BCUT2D eigenvalue weighted by Crippen LogP contribution is 2.04. The van der Waals surface area contributed by atoms with Crippen LogP contribution in [0.2, 0.25) is 0 Å². The molecule has 0 rings (SSSR count). The van der Waals surface area contributed by atoms with Crippen molar-refractivity contribution in [1.29, 1.82) is 0 Å². The van der Waals surface area contributed by atoms with E-state index in [1.54, 1.807) is 0 Å². The van der Waals surface area contributed by atoms with E-state index in [1.165, 1.54) is 25.7 Å². The number of hydrogen-bond donors (Lipinski definition) is 0. The fraction of sp³-hybridized carbons (Fsp3) is 1.00. The summed E-state index contributed by atoms with van der Waals surface area (Å²) in [5.74, 6) is 1.47. The summed E-state index contributed by atoms with van der Waals surface area (Å²) in [6, 6.07) is 0. The van der Waals surface area contributed by atoms with E-state index in [4.69, 9.17) is 0 Å². The van der Waals surface area contributed by atoms with Crippen LogP contribution >= 0.6 is 0 Å². The fourth-order valence-electron chi connectivity index (χ4n) is 1.64. The van der Waals surface area contributed by atoms with Crippen LogP contribution in [0.15, 0.2) is 0 Å². The van der Waals surface area contributed by atoms with Gasteiger partial charge in [0.2, 0.25) is 0 Å². The van der Waals surface area contributed by atoms with Crippen molar-refractivity contribution >= 4 is 21.6 Å². The van der Waals surface area contributed by atoms with Crippen molar-refractivity contribution in [2.45, 2.75) is 65.2 Å². The molecule has 0 N–H and O–H groups in total. The van der Waals surface area contributed by atoms with Crippen molar-refractivity contribution in [3.05, 3.63) is 0 Å². The van der Waals surface area contributed by atoms with Crippen LogP contribution in [-0.4, -0.2) is 25.0 Å². The number of hydrogen-bond acceptors (Lipinski definition) is 2. The number of unbranched alkanes of at least 4 members (excludes halogenated alkanes) is 6. The van der Waals surface area contributed by atoms with Crippen LogP contribution in [0.4, 0.5) is 0 Å². The van der Waals surface area contributed by atoms with Crippen LogP contribution in [0.5, 0.6) is 0 Å². The predicted octanol–water partition coefficient (Wildman–Crippen LogP) is 3.60. The molecule has 4 heteroatoms. The molecule has 2 atom stereocenters. The van der Waals surface area contributed by atoms with E-state index in [0.29, 0.717) is 5.08 Å². The molecule has 0 bridgehead atoms. The van der Waals surface area contributed by atoms with Gasteiger partial charge in [0.15, 0.2) is 0 Å². The maximum Gasteiger partial charge on any atom is 0.0991 e. The maximum absolute atomic E-state index is 11.6. The second-order valence-electron chi connectivity index (χ2n) is 4.53. The van der Waals surface area contributed by atoms with Gasteiger partial charge in [0.1, 0.15) is 0 Å². The van der Waals surface area contributed by atoms with Crippen molar-refractivity contribution in [3.8, 4) is 0 Å². The van der Waals surface area contributed by atoms with Crippen molar-refractivity contribution in [3.63, 3.8) is 0 Å². The van der Waals surface area contributed by atoms with Crippen molar-refractivity contribution in [2.24, 2.45) is 0 Å². The van der Waals surface area contributed by atoms with Crippen LogP contribution in [0.3, 0.4) is 0 Å².